The molecule has 20 heavy (non-hydrogen) atoms. The van der Waals surface area contributed by atoms with E-state index in [1.165, 1.54) is 25.9 Å². The lowest BCUT2D eigenvalue weighted by Crippen LogP contribution is -2.35. The van der Waals surface area contributed by atoms with Crippen molar-refractivity contribution in [1.82, 2.24) is 10.2 Å². The molecular weight excluding hydrogens is 253 g/mol. The predicted octanol–water partition coefficient (Wildman–Crippen LogP) is 2.22. The van der Waals surface area contributed by atoms with E-state index in [1.807, 2.05) is 19.2 Å². The smallest absolute Gasteiger partial charge is 0.146 e. The molecule has 0 bridgehead atoms. The Morgan fingerprint density at radius 1 is 1.25 bits per heavy atom. The van der Waals surface area contributed by atoms with Crippen molar-refractivity contribution in [3.63, 3.8) is 0 Å². The van der Waals surface area contributed by atoms with Crippen molar-refractivity contribution in [2.24, 2.45) is 0 Å². The molecule has 0 saturated carbocycles. The van der Waals surface area contributed by atoms with Crippen LogP contribution in [0.2, 0.25) is 0 Å². The van der Waals surface area contributed by atoms with Crippen LogP contribution < -0.4 is 10.2 Å². The summed E-state index contributed by atoms with van der Waals surface area (Å²) in [6, 6.07) is 6.25. The topological polar surface area (TPSA) is 18.5 Å². The third-order valence-electron chi connectivity index (χ3n) is 4.55. The first-order valence-corrected chi connectivity index (χ1v) is 7.70. The minimum absolute atomic E-state index is 0.0835. The van der Waals surface area contributed by atoms with Crippen molar-refractivity contribution in [3.8, 4) is 0 Å². The van der Waals surface area contributed by atoms with E-state index in [9.17, 15) is 4.39 Å². The second-order valence-electron chi connectivity index (χ2n) is 5.95. The lowest BCUT2D eigenvalue weighted by atomic mass is 10.2. The zero-order valence-corrected chi connectivity index (χ0v) is 12.2. The van der Waals surface area contributed by atoms with Crippen LogP contribution in [0.25, 0.3) is 0 Å². The van der Waals surface area contributed by atoms with E-state index in [-0.39, 0.29) is 5.82 Å². The summed E-state index contributed by atoms with van der Waals surface area (Å²) in [6.07, 6.45) is 3.81. The van der Waals surface area contributed by atoms with E-state index in [2.05, 4.69) is 15.1 Å². The number of likely N-dealkylation sites (tertiary alicyclic amines) is 1. The monoisotopic (exact) mass is 277 g/mol. The molecule has 0 spiro atoms. The molecule has 2 saturated heterocycles. The molecule has 2 fully saturated rings. The summed E-state index contributed by atoms with van der Waals surface area (Å²) < 4.78 is 14.2. The molecule has 0 aliphatic carbocycles. The predicted molar refractivity (Wildman–Crippen MR) is 80.6 cm³/mol. The Balaban J connectivity index is 1.67. The first-order chi connectivity index (χ1) is 9.78. The van der Waals surface area contributed by atoms with Gasteiger partial charge < -0.3 is 10.2 Å². The van der Waals surface area contributed by atoms with Crippen LogP contribution in [0.5, 0.6) is 0 Å². The Labute approximate surface area is 120 Å². The molecule has 3 nitrogen and oxygen atoms in total. The maximum Gasteiger partial charge on any atom is 0.146 e. The fraction of sp³-hybridized carbons (Fsp3) is 0.625. The average Bonchev–Trinajstić information content (AvgIpc) is 3.10. The standard InChI is InChI=1S/C16H24FN3/c1-18-11-13-4-5-16(15(17)10-13)20-9-6-14(12-20)19-7-2-3-8-19/h4-5,10,14,18H,2-3,6-9,11-12H2,1H3. The van der Waals surface area contributed by atoms with Crippen molar-refractivity contribution in [1.29, 1.82) is 0 Å². The van der Waals surface area contributed by atoms with Crippen molar-refractivity contribution in [2.45, 2.75) is 31.8 Å². The molecule has 110 valence electrons. The minimum Gasteiger partial charge on any atom is -0.368 e. The average molecular weight is 277 g/mol. The van der Waals surface area contributed by atoms with Gasteiger partial charge >= 0.3 is 0 Å². The zero-order valence-electron chi connectivity index (χ0n) is 12.2. The molecule has 4 heteroatoms. The lowest BCUT2D eigenvalue weighted by Gasteiger charge is -2.24. The van der Waals surface area contributed by atoms with Crippen LogP contribution in [-0.4, -0.2) is 44.2 Å². The SMILES string of the molecule is CNCc1ccc(N2CCC(N3CCCC3)C2)c(F)c1. The van der Waals surface area contributed by atoms with Gasteiger partial charge in [-0.25, -0.2) is 4.39 Å². The van der Waals surface area contributed by atoms with Crippen LogP contribution in [0, 0.1) is 5.82 Å². The number of rotatable bonds is 4. The van der Waals surface area contributed by atoms with Gasteiger partial charge in [0.2, 0.25) is 0 Å². The van der Waals surface area contributed by atoms with Crippen LogP contribution in [0.15, 0.2) is 18.2 Å². The van der Waals surface area contributed by atoms with Gasteiger partial charge in [-0.15, -0.1) is 0 Å². The van der Waals surface area contributed by atoms with Crippen LogP contribution >= 0.6 is 0 Å². The Bertz CT molecular complexity index is 457. The molecule has 0 radical (unpaired) electrons. The highest BCUT2D eigenvalue weighted by Crippen LogP contribution is 2.27. The van der Waals surface area contributed by atoms with Crippen molar-refractivity contribution in [2.75, 3.05) is 38.1 Å². The number of benzene rings is 1. The fourth-order valence-corrected chi connectivity index (χ4v) is 3.49. The van der Waals surface area contributed by atoms with Crippen molar-refractivity contribution in [3.05, 3.63) is 29.6 Å². The van der Waals surface area contributed by atoms with Crippen LogP contribution in [0.1, 0.15) is 24.8 Å². The Morgan fingerprint density at radius 2 is 2.05 bits per heavy atom. The van der Waals surface area contributed by atoms with Gasteiger partial charge in [-0.2, -0.15) is 0 Å². The molecule has 1 aromatic rings. The maximum atomic E-state index is 14.2. The summed E-state index contributed by atoms with van der Waals surface area (Å²) in [6.45, 7) is 5.11. The summed E-state index contributed by atoms with van der Waals surface area (Å²) in [5, 5.41) is 3.06. The Morgan fingerprint density at radius 3 is 2.75 bits per heavy atom. The third kappa shape index (κ3) is 2.81. The molecule has 1 aromatic carbocycles. The van der Waals surface area contributed by atoms with E-state index in [0.29, 0.717) is 12.6 Å². The molecule has 0 amide bonds. The molecule has 2 heterocycles. The Kier molecular flexibility index (Phi) is 4.22. The molecule has 2 aliphatic heterocycles. The zero-order chi connectivity index (χ0) is 13.9. The van der Waals surface area contributed by atoms with Crippen LogP contribution in [-0.2, 0) is 6.54 Å². The first kappa shape index (κ1) is 13.8. The maximum absolute atomic E-state index is 14.2. The van der Waals surface area contributed by atoms with Gasteiger partial charge in [-0.3, -0.25) is 4.90 Å². The molecule has 3 rings (SSSR count). The van der Waals surface area contributed by atoms with Gasteiger partial charge in [-0.1, -0.05) is 6.07 Å². The number of anilines is 1. The third-order valence-corrected chi connectivity index (χ3v) is 4.55. The molecule has 2 aliphatic rings. The summed E-state index contributed by atoms with van der Waals surface area (Å²) in [5.74, 6) is -0.0835. The second-order valence-corrected chi connectivity index (χ2v) is 5.95. The van der Waals surface area contributed by atoms with E-state index in [0.717, 1.165) is 30.8 Å². The normalized spacial score (nSPS) is 23.7. The van der Waals surface area contributed by atoms with E-state index >= 15 is 0 Å². The largest absolute Gasteiger partial charge is 0.368 e. The highest BCUT2D eigenvalue weighted by Gasteiger charge is 2.30. The highest BCUT2D eigenvalue weighted by atomic mass is 19.1. The molecule has 1 atom stereocenters. The number of nitrogens with one attached hydrogen (secondary N) is 1. The van der Waals surface area contributed by atoms with E-state index in [1.54, 1.807) is 6.07 Å². The number of hydrogen-bond acceptors (Lipinski definition) is 3. The fourth-order valence-electron chi connectivity index (χ4n) is 3.49. The van der Waals surface area contributed by atoms with Gasteiger partial charge in [0.05, 0.1) is 5.69 Å². The quantitative estimate of drug-likeness (QED) is 0.910. The minimum atomic E-state index is -0.0835. The highest BCUT2D eigenvalue weighted by molar-refractivity contribution is 5.50. The molecule has 1 unspecified atom stereocenters. The van der Waals surface area contributed by atoms with Crippen molar-refractivity contribution < 1.29 is 4.39 Å². The summed E-state index contributed by atoms with van der Waals surface area (Å²) in [4.78, 5) is 4.79. The van der Waals surface area contributed by atoms with Gasteiger partial charge in [-0.05, 0) is 57.1 Å². The van der Waals surface area contributed by atoms with Crippen LogP contribution in [0.4, 0.5) is 10.1 Å². The molecule has 1 N–H and O–H groups in total. The van der Waals surface area contributed by atoms with Gasteiger partial charge in [0, 0.05) is 25.7 Å². The summed E-state index contributed by atoms with van der Waals surface area (Å²) >= 11 is 0. The molecular formula is C16H24FN3. The summed E-state index contributed by atoms with van der Waals surface area (Å²) in [7, 11) is 1.88. The van der Waals surface area contributed by atoms with Gasteiger partial charge in [0.1, 0.15) is 5.82 Å². The molecule has 0 aromatic heterocycles. The lowest BCUT2D eigenvalue weighted by molar-refractivity contribution is 0.260. The van der Waals surface area contributed by atoms with E-state index < -0.39 is 0 Å². The summed E-state index contributed by atoms with van der Waals surface area (Å²) in [5.41, 5.74) is 1.77. The van der Waals surface area contributed by atoms with Crippen molar-refractivity contribution >= 4 is 5.69 Å². The first-order valence-electron chi connectivity index (χ1n) is 7.70. The number of halogens is 1. The Hall–Kier alpha value is -1.13. The number of nitrogens with zero attached hydrogens (tertiary/aromatic N) is 2. The van der Waals surface area contributed by atoms with Gasteiger partial charge in [0.15, 0.2) is 0 Å². The number of hydrogen-bond donors (Lipinski definition) is 1. The van der Waals surface area contributed by atoms with E-state index in [4.69, 9.17) is 0 Å². The van der Waals surface area contributed by atoms with Gasteiger partial charge in [0.25, 0.3) is 0 Å². The second kappa shape index (κ2) is 6.10. The van der Waals surface area contributed by atoms with Crippen LogP contribution in [0.3, 0.4) is 0 Å².